The van der Waals surface area contributed by atoms with E-state index in [9.17, 15) is 8.42 Å². The summed E-state index contributed by atoms with van der Waals surface area (Å²) >= 11 is 0. The fraction of sp³-hybridized carbons (Fsp3) is 0.786. The minimum absolute atomic E-state index is 0.000000905. The van der Waals surface area contributed by atoms with Gasteiger partial charge in [-0.05, 0) is 18.3 Å². The van der Waals surface area contributed by atoms with Crippen LogP contribution in [-0.2, 0) is 21.8 Å². The van der Waals surface area contributed by atoms with Crippen molar-refractivity contribution in [2.45, 2.75) is 45.8 Å². The number of sulfonamides is 1. The van der Waals surface area contributed by atoms with Crippen LogP contribution in [0.2, 0.25) is 0 Å². The molecule has 2 rings (SSSR count). The summed E-state index contributed by atoms with van der Waals surface area (Å²) in [7, 11) is -1.42. The first kappa shape index (κ1) is 16.5. The summed E-state index contributed by atoms with van der Waals surface area (Å²) in [6.07, 6.45) is 4.52. The third-order valence-electron chi connectivity index (χ3n) is 3.66. The zero-order valence-electron chi connectivity index (χ0n) is 13.2. The number of hydrogen-bond donors (Lipinski definition) is 1. The number of nitrogens with one attached hydrogen (secondary N) is 1. The van der Waals surface area contributed by atoms with Gasteiger partial charge in [0, 0.05) is 26.0 Å². The molecule has 1 aromatic heterocycles. The Morgan fingerprint density at radius 1 is 1.48 bits per heavy atom. The maximum Gasteiger partial charge on any atom is 0.211 e. The van der Waals surface area contributed by atoms with Crippen molar-refractivity contribution in [3.8, 4) is 0 Å². The first-order valence-corrected chi connectivity index (χ1v) is 8.92. The first-order chi connectivity index (χ1) is 9.68. The van der Waals surface area contributed by atoms with Crippen molar-refractivity contribution in [1.29, 1.82) is 0 Å². The third-order valence-corrected chi connectivity index (χ3v) is 5.06. The average molecular weight is 315 g/mol. The zero-order chi connectivity index (χ0) is 15.7. The van der Waals surface area contributed by atoms with Crippen molar-refractivity contribution < 1.29 is 13.2 Å². The van der Waals surface area contributed by atoms with Crippen molar-refractivity contribution in [2.75, 3.05) is 12.4 Å². The molecule has 1 saturated heterocycles. The Morgan fingerprint density at radius 3 is 2.76 bits per heavy atom. The van der Waals surface area contributed by atoms with E-state index in [0.717, 1.165) is 5.82 Å². The second kappa shape index (κ2) is 6.06. The summed E-state index contributed by atoms with van der Waals surface area (Å²) in [5, 5.41) is 0. The van der Waals surface area contributed by atoms with Crippen LogP contribution in [0, 0.1) is 5.41 Å². The van der Waals surface area contributed by atoms with Gasteiger partial charge in [-0.1, -0.05) is 20.8 Å². The Bertz CT molecular complexity index is 575. The number of nitrogens with zero attached hydrogens (tertiary/aromatic N) is 2. The molecule has 120 valence electrons. The monoisotopic (exact) mass is 315 g/mol. The van der Waals surface area contributed by atoms with E-state index in [4.69, 9.17) is 4.74 Å². The molecule has 1 aliphatic rings. The quantitative estimate of drug-likeness (QED) is 0.896. The zero-order valence-corrected chi connectivity index (χ0v) is 14.0. The van der Waals surface area contributed by atoms with Crippen LogP contribution in [0.5, 0.6) is 0 Å². The summed E-state index contributed by atoms with van der Waals surface area (Å²) < 4.78 is 34.8. The van der Waals surface area contributed by atoms with Crippen LogP contribution in [-0.4, -0.2) is 36.4 Å². The van der Waals surface area contributed by atoms with Gasteiger partial charge in [-0.3, -0.25) is 0 Å². The maximum atomic E-state index is 12.2. The van der Waals surface area contributed by atoms with Crippen LogP contribution in [0.1, 0.15) is 45.5 Å². The van der Waals surface area contributed by atoms with Gasteiger partial charge in [-0.25, -0.2) is 18.1 Å². The second-order valence-corrected chi connectivity index (χ2v) is 8.70. The van der Waals surface area contributed by atoms with Gasteiger partial charge in [0.2, 0.25) is 10.0 Å². The van der Waals surface area contributed by atoms with E-state index >= 15 is 0 Å². The minimum atomic E-state index is -3.30. The van der Waals surface area contributed by atoms with Gasteiger partial charge in [-0.15, -0.1) is 0 Å². The largest absolute Gasteiger partial charge is 0.369 e. The molecule has 7 heteroatoms. The summed E-state index contributed by atoms with van der Waals surface area (Å²) in [4.78, 5) is 4.27. The Morgan fingerprint density at radius 2 is 2.19 bits per heavy atom. The van der Waals surface area contributed by atoms with E-state index in [0.29, 0.717) is 19.4 Å². The van der Waals surface area contributed by atoms with E-state index in [-0.39, 0.29) is 23.3 Å². The molecule has 0 bridgehead atoms. The van der Waals surface area contributed by atoms with Crippen molar-refractivity contribution in [3.05, 3.63) is 18.2 Å². The lowest BCUT2D eigenvalue weighted by Crippen LogP contribution is -2.39. The molecule has 0 saturated carbocycles. The van der Waals surface area contributed by atoms with E-state index in [1.54, 1.807) is 6.20 Å². The lowest BCUT2D eigenvalue weighted by Gasteiger charge is -2.22. The molecular formula is C14H25N3O3S. The minimum Gasteiger partial charge on any atom is -0.369 e. The second-order valence-electron chi connectivity index (χ2n) is 6.83. The standard InChI is InChI=1S/C14H25N3O3S/c1-14(2,3)6-10-21(18,19)16-11-5-9-20-12(11)13-15-7-8-17(13)4/h7-8,11-12,16H,5-6,9-10H2,1-4H3/t11-,12-/m0/s1. The predicted octanol–water partition coefficient (Wildman–Crippen LogP) is 1.61. The highest BCUT2D eigenvalue weighted by Gasteiger charge is 2.35. The third kappa shape index (κ3) is 4.52. The first-order valence-electron chi connectivity index (χ1n) is 7.27. The Balaban J connectivity index is 2.03. The van der Waals surface area contributed by atoms with E-state index in [2.05, 4.69) is 9.71 Å². The number of aryl methyl sites for hydroxylation is 1. The lowest BCUT2D eigenvalue weighted by atomic mass is 9.94. The molecular weight excluding hydrogens is 290 g/mol. The number of hydrogen-bond acceptors (Lipinski definition) is 4. The Labute approximate surface area is 127 Å². The summed E-state index contributed by atoms with van der Waals surface area (Å²) in [5.41, 5.74) is 0.000000905. The van der Waals surface area contributed by atoms with Crippen LogP contribution >= 0.6 is 0 Å². The molecule has 1 N–H and O–H groups in total. The van der Waals surface area contributed by atoms with Gasteiger partial charge >= 0.3 is 0 Å². The SMILES string of the molecule is Cn1ccnc1[C@H]1OCC[C@@H]1NS(=O)(=O)CCC(C)(C)C. The van der Waals surface area contributed by atoms with Crippen LogP contribution in [0.4, 0.5) is 0 Å². The van der Waals surface area contributed by atoms with Crippen LogP contribution in [0.3, 0.4) is 0 Å². The molecule has 1 aromatic rings. The highest BCUT2D eigenvalue weighted by Crippen LogP contribution is 2.28. The lowest BCUT2D eigenvalue weighted by molar-refractivity contribution is 0.0932. The van der Waals surface area contributed by atoms with E-state index in [1.165, 1.54) is 0 Å². The fourth-order valence-electron chi connectivity index (χ4n) is 2.35. The van der Waals surface area contributed by atoms with Crippen molar-refractivity contribution in [2.24, 2.45) is 12.5 Å². The number of rotatable bonds is 5. The van der Waals surface area contributed by atoms with Gasteiger partial charge in [0.1, 0.15) is 11.9 Å². The summed E-state index contributed by atoms with van der Waals surface area (Å²) in [6, 6.07) is -0.240. The molecule has 1 aliphatic heterocycles. The van der Waals surface area contributed by atoms with Crippen molar-refractivity contribution in [3.63, 3.8) is 0 Å². The fourth-order valence-corrected chi connectivity index (χ4v) is 4.05. The van der Waals surface area contributed by atoms with Crippen LogP contribution in [0.25, 0.3) is 0 Å². The molecule has 0 aliphatic carbocycles. The molecule has 2 heterocycles. The van der Waals surface area contributed by atoms with Gasteiger partial charge in [0.05, 0.1) is 11.8 Å². The maximum absolute atomic E-state index is 12.2. The van der Waals surface area contributed by atoms with E-state index < -0.39 is 10.0 Å². The van der Waals surface area contributed by atoms with Gasteiger partial charge < -0.3 is 9.30 Å². The molecule has 0 aromatic carbocycles. The average Bonchev–Trinajstić information content (AvgIpc) is 2.94. The molecule has 21 heavy (non-hydrogen) atoms. The van der Waals surface area contributed by atoms with Crippen LogP contribution in [0.15, 0.2) is 12.4 Å². The Kier molecular flexibility index (Phi) is 4.75. The molecule has 0 spiro atoms. The normalized spacial score (nSPS) is 23.6. The van der Waals surface area contributed by atoms with Gasteiger partial charge in [0.25, 0.3) is 0 Å². The molecule has 0 radical (unpaired) electrons. The Hall–Kier alpha value is -0.920. The van der Waals surface area contributed by atoms with Gasteiger partial charge in [0.15, 0.2) is 0 Å². The summed E-state index contributed by atoms with van der Waals surface area (Å²) in [6.45, 7) is 6.66. The van der Waals surface area contributed by atoms with E-state index in [1.807, 2.05) is 38.6 Å². The van der Waals surface area contributed by atoms with Crippen molar-refractivity contribution >= 4 is 10.0 Å². The number of aromatic nitrogens is 2. The highest BCUT2D eigenvalue weighted by molar-refractivity contribution is 7.89. The van der Waals surface area contributed by atoms with Crippen LogP contribution < -0.4 is 4.72 Å². The molecule has 0 amide bonds. The smallest absolute Gasteiger partial charge is 0.211 e. The number of imidazole rings is 1. The molecule has 6 nitrogen and oxygen atoms in total. The van der Waals surface area contributed by atoms with Gasteiger partial charge in [-0.2, -0.15) is 0 Å². The molecule has 1 fully saturated rings. The van der Waals surface area contributed by atoms with Crippen molar-refractivity contribution in [1.82, 2.24) is 14.3 Å². The topological polar surface area (TPSA) is 73.2 Å². The molecule has 2 atom stereocenters. The highest BCUT2D eigenvalue weighted by atomic mass is 32.2. The predicted molar refractivity (Wildman–Crippen MR) is 81.3 cm³/mol. The molecule has 0 unspecified atom stereocenters. The summed E-state index contributed by atoms with van der Waals surface area (Å²) in [5.74, 6) is 0.899. The number of ether oxygens (including phenoxy) is 1.